The SMILES string of the molecule is CCOC(=S)SCN1C(=O)C2(OCCO2)c2ccccc21. The van der Waals surface area contributed by atoms with Crippen molar-refractivity contribution < 1.29 is 19.0 Å². The zero-order chi connectivity index (χ0) is 14.9. The van der Waals surface area contributed by atoms with Crippen LogP contribution in [0, 0.1) is 0 Å². The Morgan fingerprint density at radius 2 is 2.14 bits per heavy atom. The maximum absolute atomic E-state index is 12.7. The van der Waals surface area contributed by atoms with Crippen LogP contribution in [0.25, 0.3) is 0 Å². The first-order valence-electron chi connectivity index (χ1n) is 6.68. The fraction of sp³-hybridized carbons (Fsp3) is 0.429. The summed E-state index contributed by atoms with van der Waals surface area (Å²) in [6.07, 6.45) is 0. The third kappa shape index (κ3) is 2.44. The molecule has 0 unspecified atom stereocenters. The van der Waals surface area contributed by atoms with Crippen LogP contribution in [0.15, 0.2) is 24.3 Å². The molecule has 2 aliphatic rings. The van der Waals surface area contributed by atoms with Crippen LogP contribution in [0.2, 0.25) is 0 Å². The highest BCUT2D eigenvalue weighted by Crippen LogP contribution is 2.45. The van der Waals surface area contributed by atoms with Gasteiger partial charge in [0.05, 0.1) is 31.4 Å². The van der Waals surface area contributed by atoms with E-state index >= 15 is 0 Å². The summed E-state index contributed by atoms with van der Waals surface area (Å²) in [4.78, 5) is 14.4. The van der Waals surface area contributed by atoms with Crippen LogP contribution >= 0.6 is 24.0 Å². The van der Waals surface area contributed by atoms with E-state index in [-0.39, 0.29) is 5.91 Å². The van der Waals surface area contributed by atoms with E-state index in [4.69, 9.17) is 26.4 Å². The lowest BCUT2D eigenvalue weighted by molar-refractivity contribution is -0.180. The van der Waals surface area contributed by atoms with Crippen LogP contribution in [-0.2, 0) is 24.8 Å². The molecule has 5 nitrogen and oxygen atoms in total. The van der Waals surface area contributed by atoms with Gasteiger partial charge in [-0.05, 0) is 25.2 Å². The third-order valence-electron chi connectivity index (χ3n) is 3.34. The molecule has 0 aliphatic carbocycles. The summed E-state index contributed by atoms with van der Waals surface area (Å²) in [6, 6.07) is 7.51. The lowest BCUT2D eigenvalue weighted by Crippen LogP contribution is -2.41. The topological polar surface area (TPSA) is 48.0 Å². The summed E-state index contributed by atoms with van der Waals surface area (Å²) in [5.74, 6) is -1.10. The predicted octanol–water partition coefficient (Wildman–Crippen LogP) is 2.24. The fourth-order valence-corrected chi connectivity index (χ4v) is 3.45. The van der Waals surface area contributed by atoms with E-state index < -0.39 is 5.79 Å². The van der Waals surface area contributed by atoms with E-state index in [1.54, 1.807) is 4.90 Å². The van der Waals surface area contributed by atoms with Gasteiger partial charge in [-0.2, -0.15) is 0 Å². The Kier molecular flexibility index (Phi) is 4.17. The lowest BCUT2D eigenvalue weighted by Gasteiger charge is -2.21. The Morgan fingerprint density at radius 3 is 2.86 bits per heavy atom. The number of carbonyl (C=O) groups is 1. The van der Waals surface area contributed by atoms with Crippen molar-refractivity contribution in [1.29, 1.82) is 0 Å². The second-order valence-corrected chi connectivity index (χ2v) is 6.07. The van der Waals surface area contributed by atoms with Gasteiger partial charge in [0.15, 0.2) is 0 Å². The summed E-state index contributed by atoms with van der Waals surface area (Å²) in [5.41, 5.74) is 1.56. The van der Waals surface area contributed by atoms with Gasteiger partial charge in [-0.1, -0.05) is 30.0 Å². The van der Waals surface area contributed by atoms with E-state index in [9.17, 15) is 4.79 Å². The lowest BCUT2D eigenvalue weighted by atomic mass is 10.1. The summed E-state index contributed by atoms with van der Waals surface area (Å²) in [5, 5.41) is 0. The molecule has 2 aliphatic heterocycles. The second kappa shape index (κ2) is 5.92. The first kappa shape index (κ1) is 14.8. The van der Waals surface area contributed by atoms with Crippen LogP contribution in [0.1, 0.15) is 12.5 Å². The molecule has 1 saturated heterocycles. The molecule has 0 N–H and O–H groups in total. The number of rotatable bonds is 3. The predicted molar refractivity (Wildman–Crippen MR) is 84.2 cm³/mol. The van der Waals surface area contributed by atoms with E-state index in [1.165, 1.54) is 11.8 Å². The number of thiocarbonyl (C=S) groups is 1. The molecule has 2 heterocycles. The van der Waals surface area contributed by atoms with Crippen molar-refractivity contribution in [2.24, 2.45) is 0 Å². The van der Waals surface area contributed by atoms with Gasteiger partial charge in [0, 0.05) is 5.56 Å². The molecule has 1 spiro atoms. The monoisotopic (exact) mass is 325 g/mol. The third-order valence-corrected chi connectivity index (χ3v) is 4.56. The standard InChI is InChI=1S/C14H15NO4S2/c1-2-17-13(20)21-9-15-11-6-4-3-5-10(11)14(12(15)16)18-7-8-19-14/h3-6H,2,7-9H2,1H3. The van der Waals surface area contributed by atoms with Gasteiger partial charge in [0.25, 0.3) is 11.7 Å². The number of ether oxygens (including phenoxy) is 3. The van der Waals surface area contributed by atoms with Gasteiger partial charge in [-0.3, -0.25) is 9.69 Å². The Bertz CT molecular complexity index is 572. The van der Waals surface area contributed by atoms with E-state index in [2.05, 4.69) is 0 Å². The van der Waals surface area contributed by atoms with Crippen molar-refractivity contribution in [2.45, 2.75) is 12.7 Å². The highest BCUT2D eigenvalue weighted by atomic mass is 32.2. The smallest absolute Gasteiger partial charge is 0.293 e. The molecule has 1 aromatic rings. The molecule has 0 bridgehead atoms. The van der Waals surface area contributed by atoms with E-state index in [0.717, 1.165) is 11.3 Å². The highest BCUT2D eigenvalue weighted by molar-refractivity contribution is 8.22. The average molecular weight is 325 g/mol. The number of amides is 1. The van der Waals surface area contributed by atoms with Crippen LogP contribution < -0.4 is 4.90 Å². The minimum absolute atomic E-state index is 0.201. The van der Waals surface area contributed by atoms with Gasteiger partial charge in [-0.25, -0.2) is 0 Å². The van der Waals surface area contributed by atoms with Gasteiger partial charge in [0.1, 0.15) is 0 Å². The Labute approximate surface area is 132 Å². The molecule has 0 atom stereocenters. The van der Waals surface area contributed by atoms with Gasteiger partial charge in [-0.15, -0.1) is 0 Å². The zero-order valence-electron chi connectivity index (χ0n) is 11.5. The minimum Gasteiger partial charge on any atom is -0.479 e. The summed E-state index contributed by atoms with van der Waals surface area (Å²) >= 11 is 6.40. The Hall–Kier alpha value is -1.15. The van der Waals surface area contributed by atoms with Crippen molar-refractivity contribution in [1.82, 2.24) is 0 Å². The molecule has 0 aromatic heterocycles. The molecule has 1 aromatic carbocycles. The number of fused-ring (bicyclic) bond motifs is 2. The maximum Gasteiger partial charge on any atom is 0.293 e. The minimum atomic E-state index is -1.27. The van der Waals surface area contributed by atoms with Crippen molar-refractivity contribution in [3.63, 3.8) is 0 Å². The van der Waals surface area contributed by atoms with E-state index in [1.807, 2.05) is 31.2 Å². The first-order chi connectivity index (χ1) is 10.2. The quantitative estimate of drug-likeness (QED) is 0.795. The Morgan fingerprint density at radius 1 is 1.43 bits per heavy atom. The summed E-state index contributed by atoms with van der Waals surface area (Å²) < 4.78 is 16.9. The number of hydrogen-bond donors (Lipinski definition) is 0. The van der Waals surface area contributed by atoms with Gasteiger partial charge >= 0.3 is 0 Å². The number of anilines is 1. The van der Waals surface area contributed by atoms with Crippen LogP contribution in [-0.4, -0.2) is 36.0 Å². The van der Waals surface area contributed by atoms with Gasteiger partial charge < -0.3 is 14.2 Å². The molecule has 0 radical (unpaired) electrons. The summed E-state index contributed by atoms with van der Waals surface area (Å²) in [7, 11) is 0. The normalized spacial score (nSPS) is 19.1. The number of nitrogens with zero attached hydrogens (tertiary/aromatic N) is 1. The number of benzene rings is 1. The van der Waals surface area contributed by atoms with Crippen molar-refractivity contribution in [2.75, 3.05) is 30.6 Å². The highest BCUT2D eigenvalue weighted by Gasteiger charge is 2.55. The fourth-order valence-electron chi connectivity index (χ4n) is 2.49. The Balaban J connectivity index is 1.85. The largest absolute Gasteiger partial charge is 0.479 e. The molecule has 0 saturated carbocycles. The molecule has 7 heteroatoms. The molecule has 112 valence electrons. The van der Waals surface area contributed by atoms with Crippen LogP contribution in [0.3, 0.4) is 0 Å². The number of thioether (sulfide) groups is 1. The molecule has 3 rings (SSSR count). The summed E-state index contributed by atoms with van der Waals surface area (Å²) in [6.45, 7) is 3.22. The van der Waals surface area contributed by atoms with E-state index in [0.29, 0.717) is 30.1 Å². The van der Waals surface area contributed by atoms with Crippen LogP contribution in [0.4, 0.5) is 5.69 Å². The number of hydrogen-bond acceptors (Lipinski definition) is 6. The zero-order valence-corrected chi connectivity index (χ0v) is 13.2. The maximum atomic E-state index is 12.7. The molecule has 1 fully saturated rings. The van der Waals surface area contributed by atoms with Gasteiger partial charge in [0.2, 0.25) is 4.38 Å². The average Bonchev–Trinajstić information content (AvgIpc) is 3.06. The van der Waals surface area contributed by atoms with Crippen molar-refractivity contribution in [3.05, 3.63) is 29.8 Å². The van der Waals surface area contributed by atoms with Crippen molar-refractivity contribution in [3.8, 4) is 0 Å². The molecule has 21 heavy (non-hydrogen) atoms. The molecule has 1 amide bonds. The number of carbonyl (C=O) groups excluding carboxylic acids is 1. The molecular formula is C14H15NO4S2. The van der Waals surface area contributed by atoms with Crippen LogP contribution in [0.5, 0.6) is 0 Å². The first-order valence-corrected chi connectivity index (χ1v) is 8.07. The van der Waals surface area contributed by atoms with Crippen molar-refractivity contribution >= 4 is 40.0 Å². The second-order valence-electron chi connectivity index (χ2n) is 4.52. The number of para-hydroxylation sites is 1. The molecular weight excluding hydrogens is 310 g/mol.